The second-order valence-electron chi connectivity index (χ2n) is 12.8. The summed E-state index contributed by atoms with van der Waals surface area (Å²) in [5.74, 6) is 1.39. The Bertz CT molecular complexity index is 896. The molecule has 202 valence electrons. The molecule has 0 aliphatic heterocycles. The standard InChI is InChI=1S/C26H45NO7S/c1-15(4-7-23(31)27-10-11-35(32,33)34)17-5-6-18-24-19(8-9-25(17,18)2)26(3)14-22(30)20(28)12-16(26)13-21(24)29/h15-22,24,28-30H,4-14H2,1-3H3,(H,27,31)(H,32,33,34)/t15-,16+,17-,18+,19+,20+,21-,22+,24+,25-,26+/m1/s1. The molecule has 9 heteroatoms. The molecule has 0 unspecified atom stereocenters. The molecule has 5 N–H and O–H groups in total. The minimum Gasteiger partial charge on any atom is -0.393 e. The summed E-state index contributed by atoms with van der Waals surface area (Å²) in [7, 11) is -4.08. The van der Waals surface area contributed by atoms with E-state index in [1.807, 2.05) is 0 Å². The normalized spacial score (nSPS) is 46.3. The van der Waals surface area contributed by atoms with E-state index in [9.17, 15) is 28.5 Å². The largest absolute Gasteiger partial charge is 0.393 e. The lowest BCUT2D eigenvalue weighted by Gasteiger charge is -2.63. The fourth-order valence-electron chi connectivity index (χ4n) is 9.18. The molecule has 4 saturated carbocycles. The number of aliphatic hydroxyl groups excluding tert-OH is 3. The molecular weight excluding hydrogens is 470 g/mol. The van der Waals surface area contributed by atoms with E-state index in [-0.39, 0.29) is 41.2 Å². The maximum Gasteiger partial charge on any atom is 0.266 e. The number of fused-ring (bicyclic) bond motifs is 5. The molecule has 4 rings (SSSR count). The van der Waals surface area contributed by atoms with Gasteiger partial charge in [0.1, 0.15) is 0 Å². The zero-order chi connectivity index (χ0) is 25.8. The van der Waals surface area contributed by atoms with Crippen LogP contribution >= 0.6 is 0 Å². The van der Waals surface area contributed by atoms with Crippen LogP contribution in [0.2, 0.25) is 0 Å². The number of hydrogen-bond acceptors (Lipinski definition) is 6. The van der Waals surface area contributed by atoms with Crippen molar-refractivity contribution in [1.29, 1.82) is 0 Å². The highest BCUT2D eigenvalue weighted by Gasteiger charge is 2.63. The Balaban J connectivity index is 1.40. The second kappa shape index (κ2) is 9.86. The van der Waals surface area contributed by atoms with Crippen molar-refractivity contribution in [3.05, 3.63) is 0 Å². The van der Waals surface area contributed by atoms with Crippen LogP contribution in [0.15, 0.2) is 0 Å². The summed E-state index contributed by atoms with van der Waals surface area (Å²) in [6.07, 6.45) is 5.50. The predicted molar refractivity (Wildman–Crippen MR) is 132 cm³/mol. The van der Waals surface area contributed by atoms with Gasteiger partial charge in [0, 0.05) is 13.0 Å². The smallest absolute Gasteiger partial charge is 0.266 e. The van der Waals surface area contributed by atoms with Crippen LogP contribution in [0.4, 0.5) is 0 Å². The summed E-state index contributed by atoms with van der Waals surface area (Å²) < 4.78 is 30.5. The molecule has 0 heterocycles. The molecule has 4 aliphatic rings. The van der Waals surface area contributed by atoms with Crippen molar-refractivity contribution < 1.29 is 33.1 Å². The van der Waals surface area contributed by atoms with E-state index in [4.69, 9.17) is 4.55 Å². The molecule has 0 radical (unpaired) electrons. The van der Waals surface area contributed by atoms with Gasteiger partial charge in [0.15, 0.2) is 0 Å². The molecule has 4 fully saturated rings. The van der Waals surface area contributed by atoms with Gasteiger partial charge >= 0.3 is 0 Å². The third-order valence-electron chi connectivity index (χ3n) is 11.0. The van der Waals surface area contributed by atoms with Crippen molar-refractivity contribution in [3.8, 4) is 0 Å². The van der Waals surface area contributed by atoms with Gasteiger partial charge in [-0.25, -0.2) is 0 Å². The number of carbonyl (C=O) groups excluding carboxylic acids is 1. The van der Waals surface area contributed by atoms with Crippen molar-refractivity contribution in [2.24, 2.45) is 46.3 Å². The maximum atomic E-state index is 12.2. The molecule has 35 heavy (non-hydrogen) atoms. The highest BCUT2D eigenvalue weighted by Crippen LogP contribution is 2.68. The third-order valence-corrected chi connectivity index (χ3v) is 11.7. The van der Waals surface area contributed by atoms with Gasteiger partial charge in [-0.15, -0.1) is 0 Å². The van der Waals surface area contributed by atoms with Crippen molar-refractivity contribution in [2.75, 3.05) is 12.3 Å². The summed E-state index contributed by atoms with van der Waals surface area (Å²) >= 11 is 0. The Labute approximate surface area is 210 Å². The monoisotopic (exact) mass is 515 g/mol. The van der Waals surface area contributed by atoms with E-state index in [0.29, 0.717) is 49.4 Å². The number of rotatable bonds is 7. The fraction of sp³-hybridized carbons (Fsp3) is 0.962. The first-order valence-corrected chi connectivity index (χ1v) is 15.1. The van der Waals surface area contributed by atoms with E-state index in [2.05, 4.69) is 26.1 Å². The van der Waals surface area contributed by atoms with E-state index in [1.54, 1.807) is 0 Å². The van der Waals surface area contributed by atoms with E-state index >= 15 is 0 Å². The summed E-state index contributed by atoms with van der Waals surface area (Å²) in [6.45, 7) is 6.80. The average molecular weight is 516 g/mol. The first-order valence-electron chi connectivity index (χ1n) is 13.5. The first kappa shape index (κ1) is 27.3. The van der Waals surface area contributed by atoms with Gasteiger partial charge in [-0.05, 0) is 97.7 Å². The molecule has 1 amide bonds. The van der Waals surface area contributed by atoms with Crippen LogP contribution in [0, 0.1) is 46.3 Å². The molecule has 8 nitrogen and oxygen atoms in total. The maximum absolute atomic E-state index is 12.2. The number of carbonyl (C=O) groups is 1. The van der Waals surface area contributed by atoms with Crippen LogP contribution in [-0.4, -0.2) is 64.8 Å². The van der Waals surface area contributed by atoms with Crippen LogP contribution in [0.25, 0.3) is 0 Å². The van der Waals surface area contributed by atoms with Crippen LogP contribution < -0.4 is 5.32 Å². The van der Waals surface area contributed by atoms with Gasteiger partial charge in [0.2, 0.25) is 5.91 Å². The summed E-state index contributed by atoms with van der Waals surface area (Å²) in [6, 6.07) is 0. The van der Waals surface area contributed by atoms with Gasteiger partial charge in [-0.1, -0.05) is 20.8 Å². The summed E-state index contributed by atoms with van der Waals surface area (Å²) in [5, 5.41) is 34.7. The minimum absolute atomic E-state index is 0.0479. The van der Waals surface area contributed by atoms with Gasteiger partial charge in [0.05, 0.1) is 24.1 Å². The topological polar surface area (TPSA) is 144 Å². The highest BCUT2D eigenvalue weighted by molar-refractivity contribution is 7.85. The lowest BCUT2D eigenvalue weighted by Crippen LogP contribution is -2.60. The molecule has 0 aromatic rings. The highest BCUT2D eigenvalue weighted by atomic mass is 32.2. The molecule has 0 bridgehead atoms. The Morgan fingerprint density at radius 2 is 1.66 bits per heavy atom. The van der Waals surface area contributed by atoms with E-state index < -0.39 is 28.1 Å². The molecule has 0 spiro atoms. The van der Waals surface area contributed by atoms with Crippen LogP contribution in [0.1, 0.15) is 78.6 Å². The van der Waals surface area contributed by atoms with E-state index in [0.717, 1.165) is 32.1 Å². The number of amides is 1. The fourth-order valence-corrected chi connectivity index (χ4v) is 9.54. The zero-order valence-electron chi connectivity index (χ0n) is 21.4. The predicted octanol–water partition coefficient (Wildman–Crippen LogP) is 2.37. The molecular formula is C26H45NO7S. The van der Waals surface area contributed by atoms with Crippen molar-refractivity contribution in [1.82, 2.24) is 5.32 Å². The van der Waals surface area contributed by atoms with Gasteiger partial charge in [0.25, 0.3) is 10.1 Å². The SMILES string of the molecule is C[C@H](CCC(=O)NCCS(=O)(=O)O)[C@H]1CC[C@H]2[C@@H]3[C@H](O)C[C@@H]4C[C@H](O)[C@@H](O)C[C@]4(C)[C@H]3CC[C@]12C. The summed E-state index contributed by atoms with van der Waals surface area (Å²) in [5.41, 5.74) is 0.0622. The number of hydrogen-bond donors (Lipinski definition) is 5. The zero-order valence-corrected chi connectivity index (χ0v) is 22.2. The number of aliphatic hydroxyl groups is 3. The van der Waals surface area contributed by atoms with Crippen LogP contribution in [-0.2, 0) is 14.9 Å². The Morgan fingerprint density at radius 1 is 1.00 bits per heavy atom. The van der Waals surface area contributed by atoms with Gasteiger partial charge < -0.3 is 20.6 Å². The van der Waals surface area contributed by atoms with E-state index in [1.165, 1.54) is 0 Å². The lowest BCUT2D eigenvalue weighted by molar-refractivity contribution is -0.194. The van der Waals surface area contributed by atoms with Crippen LogP contribution in [0.5, 0.6) is 0 Å². The quantitative estimate of drug-likeness (QED) is 0.327. The molecule has 11 atom stereocenters. The van der Waals surface area contributed by atoms with Gasteiger partial charge in [-0.3, -0.25) is 9.35 Å². The molecule has 0 aromatic heterocycles. The Morgan fingerprint density at radius 3 is 2.34 bits per heavy atom. The third kappa shape index (κ3) is 5.17. The van der Waals surface area contributed by atoms with Crippen LogP contribution in [0.3, 0.4) is 0 Å². The average Bonchev–Trinajstić information content (AvgIpc) is 3.10. The number of nitrogens with one attached hydrogen (secondary N) is 1. The first-order chi connectivity index (χ1) is 16.3. The van der Waals surface area contributed by atoms with Crippen molar-refractivity contribution in [3.63, 3.8) is 0 Å². The van der Waals surface area contributed by atoms with Gasteiger partial charge in [-0.2, -0.15) is 8.42 Å². The van der Waals surface area contributed by atoms with Crippen molar-refractivity contribution in [2.45, 2.75) is 96.9 Å². The Hall–Kier alpha value is -0.740. The second-order valence-corrected chi connectivity index (χ2v) is 14.3. The van der Waals surface area contributed by atoms with Crippen molar-refractivity contribution >= 4 is 16.0 Å². The molecule has 0 saturated heterocycles. The minimum atomic E-state index is -4.08. The lowest BCUT2D eigenvalue weighted by atomic mass is 9.43. The molecule has 4 aliphatic carbocycles. The Kier molecular flexibility index (Phi) is 7.69. The molecule has 0 aromatic carbocycles. The summed E-state index contributed by atoms with van der Waals surface area (Å²) in [4.78, 5) is 12.2.